The first kappa shape index (κ1) is 21.9. The van der Waals surface area contributed by atoms with E-state index < -0.39 is 0 Å². The van der Waals surface area contributed by atoms with Crippen LogP contribution in [0.2, 0.25) is 0 Å². The van der Waals surface area contributed by atoms with Crippen molar-refractivity contribution in [1.82, 2.24) is 15.5 Å². The molecular formula is C17H33IN4OS. The Morgan fingerprint density at radius 2 is 2.21 bits per heavy atom. The summed E-state index contributed by atoms with van der Waals surface area (Å²) in [4.78, 5) is 18.7. The fraction of sp³-hybridized carbons (Fsp3) is 0.882. The Labute approximate surface area is 168 Å². The van der Waals surface area contributed by atoms with Gasteiger partial charge in [-0.25, -0.2) is 0 Å². The van der Waals surface area contributed by atoms with E-state index in [1.807, 2.05) is 11.8 Å². The summed E-state index contributed by atoms with van der Waals surface area (Å²) < 4.78 is 0. The zero-order valence-electron chi connectivity index (χ0n) is 15.1. The molecule has 24 heavy (non-hydrogen) atoms. The van der Waals surface area contributed by atoms with E-state index in [-0.39, 0.29) is 24.0 Å². The summed E-state index contributed by atoms with van der Waals surface area (Å²) in [5.41, 5.74) is 0. The van der Waals surface area contributed by atoms with Crippen molar-refractivity contribution in [3.63, 3.8) is 0 Å². The quantitative estimate of drug-likeness (QED) is 0.327. The molecule has 0 saturated carbocycles. The summed E-state index contributed by atoms with van der Waals surface area (Å²) in [6.45, 7) is 7.86. The highest BCUT2D eigenvalue weighted by Gasteiger charge is 2.26. The lowest BCUT2D eigenvalue weighted by atomic mass is 10.1. The molecule has 2 fully saturated rings. The lowest BCUT2D eigenvalue weighted by Gasteiger charge is -2.27. The van der Waals surface area contributed by atoms with Crippen molar-refractivity contribution in [3.05, 3.63) is 0 Å². The highest BCUT2D eigenvalue weighted by Crippen LogP contribution is 2.26. The Balaban J connectivity index is 0.00000288. The molecule has 2 N–H and O–H groups in total. The number of aliphatic imine (C=N–C) groups is 1. The first-order chi connectivity index (χ1) is 11.2. The van der Waals surface area contributed by atoms with E-state index in [9.17, 15) is 4.79 Å². The Hall–Kier alpha value is -0.180. The lowest BCUT2D eigenvalue weighted by Crippen LogP contribution is -2.42. The molecule has 2 unspecified atom stereocenters. The van der Waals surface area contributed by atoms with E-state index in [0.29, 0.717) is 17.2 Å². The zero-order valence-corrected chi connectivity index (χ0v) is 18.2. The molecule has 1 amide bonds. The molecule has 2 rings (SSSR count). The summed E-state index contributed by atoms with van der Waals surface area (Å²) in [7, 11) is 0. The van der Waals surface area contributed by atoms with Crippen molar-refractivity contribution in [3.8, 4) is 0 Å². The maximum atomic E-state index is 11.9. The molecule has 2 heterocycles. The van der Waals surface area contributed by atoms with Crippen molar-refractivity contribution < 1.29 is 4.79 Å². The van der Waals surface area contributed by atoms with Crippen LogP contribution < -0.4 is 10.6 Å². The van der Waals surface area contributed by atoms with Gasteiger partial charge in [0.2, 0.25) is 5.91 Å². The molecule has 2 atom stereocenters. The van der Waals surface area contributed by atoms with Crippen LogP contribution in [0.15, 0.2) is 4.99 Å². The highest BCUT2D eigenvalue weighted by atomic mass is 127. The monoisotopic (exact) mass is 468 g/mol. The summed E-state index contributed by atoms with van der Waals surface area (Å²) in [6.07, 6.45) is 6.39. The molecule has 0 aromatic heterocycles. The van der Waals surface area contributed by atoms with Crippen LogP contribution in [-0.2, 0) is 4.79 Å². The van der Waals surface area contributed by atoms with E-state index in [4.69, 9.17) is 4.99 Å². The van der Waals surface area contributed by atoms with Gasteiger partial charge in [-0.15, -0.1) is 24.0 Å². The molecule has 0 aromatic carbocycles. The molecule has 0 bridgehead atoms. The van der Waals surface area contributed by atoms with Crippen molar-refractivity contribution in [1.29, 1.82) is 0 Å². The van der Waals surface area contributed by atoms with Crippen LogP contribution in [0.3, 0.4) is 0 Å². The van der Waals surface area contributed by atoms with E-state index in [0.717, 1.165) is 57.8 Å². The summed E-state index contributed by atoms with van der Waals surface area (Å²) in [5.74, 6) is 2.53. The van der Waals surface area contributed by atoms with E-state index in [1.165, 1.54) is 18.6 Å². The number of hydrogen-bond donors (Lipinski definition) is 2. The van der Waals surface area contributed by atoms with Gasteiger partial charge in [-0.3, -0.25) is 9.79 Å². The van der Waals surface area contributed by atoms with Crippen molar-refractivity contribution in [2.24, 2.45) is 4.99 Å². The van der Waals surface area contributed by atoms with Crippen LogP contribution in [0, 0.1) is 0 Å². The number of likely N-dealkylation sites (tertiary alicyclic amines) is 1. The standard InChI is InChI=1S/C17H32N4OS.HI/c1-3-14(21-11-5-8-16(21)22)9-10-19-17(18-4-2)20-13-15-7-6-12-23-15;/h14-15H,3-13H2,1-2H3,(H2,18,19,20);1H. The molecule has 7 heteroatoms. The van der Waals surface area contributed by atoms with Crippen LogP contribution in [0.5, 0.6) is 0 Å². The van der Waals surface area contributed by atoms with Gasteiger partial charge in [-0.05, 0) is 44.8 Å². The maximum absolute atomic E-state index is 11.9. The Bertz CT molecular complexity index is 402. The maximum Gasteiger partial charge on any atom is 0.222 e. The third-order valence-corrected chi connectivity index (χ3v) is 5.99. The fourth-order valence-corrected chi connectivity index (χ4v) is 4.50. The van der Waals surface area contributed by atoms with Gasteiger partial charge in [0, 0.05) is 37.3 Å². The number of carbonyl (C=O) groups is 1. The second kappa shape index (κ2) is 12.2. The minimum Gasteiger partial charge on any atom is -0.357 e. The SMILES string of the molecule is CCNC(=NCC1CCCS1)NCCC(CC)N1CCCC1=O.I. The average molecular weight is 468 g/mol. The fourth-order valence-electron chi connectivity index (χ4n) is 3.32. The van der Waals surface area contributed by atoms with Crippen LogP contribution in [-0.4, -0.2) is 60.0 Å². The number of hydrogen-bond acceptors (Lipinski definition) is 3. The van der Waals surface area contributed by atoms with Gasteiger partial charge in [0.1, 0.15) is 0 Å². The lowest BCUT2D eigenvalue weighted by molar-refractivity contribution is -0.129. The topological polar surface area (TPSA) is 56.7 Å². The van der Waals surface area contributed by atoms with Gasteiger partial charge in [-0.2, -0.15) is 11.8 Å². The molecule has 0 aliphatic carbocycles. The van der Waals surface area contributed by atoms with Crippen molar-refractivity contribution in [2.75, 3.05) is 31.9 Å². The van der Waals surface area contributed by atoms with E-state index in [1.54, 1.807) is 0 Å². The minimum atomic E-state index is 0. The summed E-state index contributed by atoms with van der Waals surface area (Å²) in [5, 5.41) is 7.46. The molecular weight excluding hydrogens is 435 g/mol. The van der Waals surface area contributed by atoms with Gasteiger partial charge < -0.3 is 15.5 Å². The molecule has 0 aromatic rings. The second-order valence-corrected chi connectivity index (χ2v) is 7.73. The highest BCUT2D eigenvalue weighted by molar-refractivity contribution is 14.0. The number of carbonyl (C=O) groups excluding carboxylic acids is 1. The van der Waals surface area contributed by atoms with Gasteiger partial charge in [-0.1, -0.05) is 6.92 Å². The Kier molecular flexibility index (Phi) is 11.1. The van der Waals surface area contributed by atoms with Crippen molar-refractivity contribution in [2.45, 2.75) is 63.7 Å². The van der Waals surface area contributed by atoms with Crippen LogP contribution in [0.25, 0.3) is 0 Å². The number of nitrogens with one attached hydrogen (secondary N) is 2. The van der Waals surface area contributed by atoms with Crippen LogP contribution >= 0.6 is 35.7 Å². The number of guanidine groups is 1. The minimum absolute atomic E-state index is 0. The number of thioether (sulfide) groups is 1. The first-order valence-corrected chi connectivity index (χ1v) is 10.2. The van der Waals surface area contributed by atoms with E-state index in [2.05, 4.69) is 29.4 Å². The normalized spacial score (nSPS) is 22.4. The van der Waals surface area contributed by atoms with Crippen LogP contribution in [0.1, 0.15) is 52.4 Å². The largest absolute Gasteiger partial charge is 0.357 e. The number of halogens is 1. The van der Waals surface area contributed by atoms with Gasteiger partial charge in [0.05, 0.1) is 6.54 Å². The van der Waals surface area contributed by atoms with E-state index >= 15 is 0 Å². The molecule has 2 saturated heterocycles. The molecule has 2 aliphatic heterocycles. The summed E-state index contributed by atoms with van der Waals surface area (Å²) >= 11 is 2.05. The molecule has 0 spiro atoms. The Morgan fingerprint density at radius 3 is 2.79 bits per heavy atom. The summed E-state index contributed by atoms with van der Waals surface area (Å²) in [6, 6.07) is 0.366. The predicted molar refractivity (Wildman–Crippen MR) is 115 cm³/mol. The first-order valence-electron chi connectivity index (χ1n) is 9.17. The third kappa shape index (κ3) is 6.98. The van der Waals surface area contributed by atoms with Gasteiger partial charge in [0.25, 0.3) is 0 Å². The molecule has 0 radical (unpaired) electrons. The third-order valence-electron chi connectivity index (χ3n) is 4.61. The number of nitrogens with zero attached hydrogens (tertiary/aromatic N) is 2. The molecule has 140 valence electrons. The molecule has 5 nitrogen and oxygen atoms in total. The average Bonchev–Trinajstić information content (AvgIpc) is 3.21. The van der Waals surface area contributed by atoms with Gasteiger partial charge in [0.15, 0.2) is 5.96 Å². The smallest absolute Gasteiger partial charge is 0.222 e. The number of amides is 1. The Morgan fingerprint density at radius 1 is 1.38 bits per heavy atom. The zero-order chi connectivity index (χ0) is 16.5. The number of rotatable bonds is 8. The van der Waals surface area contributed by atoms with Crippen molar-refractivity contribution >= 4 is 47.6 Å². The molecule has 2 aliphatic rings. The van der Waals surface area contributed by atoms with Gasteiger partial charge >= 0.3 is 0 Å². The van der Waals surface area contributed by atoms with Crippen LogP contribution in [0.4, 0.5) is 0 Å². The predicted octanol–water partition coefficient (Wildman–Crippen LogP) is 2.85. The second-order valence-electron chi connectivity index (χ2n) is 6.32.